The van der Waals surface area contributed by atoms with E-state index in [0.29, 0.717) is 22.2 Å². The number of anilines is 1. The first-order valence-electron chi connectivity index (χ1n) is 7.77. The van der Waals surface area contributed by atoms with Crippen LogP contribution in [0, 0.1) is 0 Å². The van der Waals surface area contributed by atoms with Gasteiger partial charge in [-0.05, 0) is 66.8 Å². The molecule has 126 valence electrons. The van der Waals surface area contributed by atoms with E-state index >= 15 is 0 Å². The number of rotatable bonds is 4. The Hall–Kier alpha value is -2.08. The van der Waals surface area contributed by atoms with E-state index in [1.165, 1.54) is 5.56 Å². The quantitative estimate of drug-likeness (QED) is 0.636. The summed E-state index contributed by atoms with van der Waals surface area (Å²) in [5.74, 6) is -2.66. The number of aryl methyl sites for hydroxylation is 1. The Kier molecular flexibility index (Phi) is 5.04. The summed E-state index contributed by atoms with van der Waals surface area (Å²) >= 11 is 0.470. The minimum absolute atomic E-state index is 0.0445. The van der Waals surface area contributed by atoms with E-state index < -0.39 is 5.76 Å². The van der Waals surface area contributed by atoms with Crippen LogP contribution in [-0.2, 0) is 6.42 Å². The van der Waals surface area contributed by atoms with Crippen molar-refractivity contribution in [3.8, 4) is 0 Å². The molecule has 1 aliphatic carbocycles. The minimum atomic E-state index is -2.46. The minimum Gasteiger partial charge on any atom is -0.399 e. The third kappa shape index (κ3) is 3.87. The fourth-order valence-corrected chi connectivity index (χ4v) is 3.51. The molecule has 0 saturated heterocycles. The van der Waals surface area contributed by atoms with E-state index in [1.807, 2.05) is 18.2 Å². The Morgan fingerprint density at radius 2 is 1.96 bits per heavy atom. The second-order valence-corrected chi connectivity index (χ2v) is 6.84. The first kappa shape index (κ1) is 16.8. The second-order valence-electron chi connectivity index (χ2n) is 5.78. The average molecular weight is 348 g/mol. The van der Waals surface area contributed by atoms with Crippen LogP contribution in [0.5, 0.6) is 0 Å². The van der Waals surface area contributed by atoms with E-state index in [-0.39, 0.29) is 11.9 Å². The Morgan fingerprint density at radius 1 is 1.21 bits per heavy atom. The molecule has 0 bridgehead atoms. The van der Waals surface area contributed by atoms with Gasteiger partial charge in [0.05, 0.1) is 6.04 Å². The molecule has 1 unspecified atom stereocenters. The van der Waals surface area contributed by atoms with Crippen LogP contribution < -0.4 is 11.1 Å². The lowest BCUT2D eigenvalue weighted by molar-refractivity contribution is 0.0932. The van der Waals surface area contributed by atoms with Gasteiger partial charge >= 0.3 is 0 Å². The van der Waals surface area contributed by atoms with E-state index in [9.17, 15) is 13.6 Å². The van der Waals surface area contributed by atoms with Crippen molar-refractivity contribution < 1.29 is 13.6 Å². The molecule has 3 nitrogen and oxygen atoms in total. The summed E-state index contributed by atoms with van der Waals surface area (Å²) in [7, 11) is 0. The number of fused-ring (bicyclic) bond motifs is 1. The van der Waals surface area contributed by atoms with Gasteiger partial charge in [0.2, 0.25) is 0 Å². The number of amides is 1. The van der Waals surface area contributed by atoms with Gasteiger partial charge in [0.1, 0.15) is 0 Å². The van der Waals surface area contributed by atoms with Crippen molar-refractivity contribution in [2.45, 2.75) is 36.0 Å². The molecule has 24 heavy (non-hydrogen) atoms. The zero-order valence-electron chi connectivity index (χ0n) is 13.0. The molecule has 3 N–H and O–H groups in total. The predicted octanol–water partition coefficient (Wildman–Crippen LogP) is 4.39. The molecular formula is C18H18F2N2OS. The largest absolute Gasteiger partial charge is 0.399 e. The Balaban J connectivity index is 1.72. The highest BCUT2D eigenvalue weighted by atomic mass is 32.2. The lowest BCUT2D eigenvalue weighted by Gasteiger charge is -2.26. The molecule has 0 aromatic heterocycles. The molecule has 0 fully saturated rings. The van der Waals surface area contributed by atoms with Crippen LogP contribution in [0.25, 0.3) is 0 Å². The maximum absolute atomic E-state index is 12.4. The number of nitrogen functional groups attached to an aromatic ring is 1. The van der Waals surface area contributed by atoms with Crippen LogP contribution in [0.4, 0.5) is 14.5 Å². The third-order valence-electron chi connectivity index (χ3n) is 4.13. The number of hydrogen-bond donors (Lipinski definition) is 2. The normalized spacial score (nSPS) is 16.7. The summed E-state index contributed by atoms with van der Waals surface area (Å²) in [4.78, 5) is 12.9. The first-order valence-corrected chi connectivity index (χ1v) is 8.65. The molecule has 1 atom stereocenters. The lowest BCUT2D eigenvalue weighted by Crippen LogP contribution is -2.31. The summed E-state index contributed by atoms with van der Waals surface area (Å²) in [6.45, 7) is 0. The molecule has 0 aliphatic heterocycles. The van der Waals surface area contributed by atoms with Crippen molar-refractivity contribution in [1.82, 2.24) is 5.32 Å². The van der Waals surface area contributed by atoms with Gasteiger partial charge in [0, 0.05) is 16.1 Å². The van der Waals surface area contributed by atoms with Crippen molar-refractivity contribution in [1.29, 1.82) is 0 Å². The fraction of sp³-hybridized carbons (Fsp3) is 0.278. The summed E-state index contributed by atoms with van der Waals surface area (Å²) in [6, 6.07) is 12.0. The van der Waals surface area contributed by atoms with Gasteiger partial charge in [0.25, 0.3) is 11.7 Å². The Morgan fingerprint density at radius 3 is 2.67 bits per heavy atom. The van der Waals surface area contributed by atoms with Gasteiger partial charge in [-0.2, -0.15) is 8.78 Å². The van der Waals surface area contributed by atoms with Crippen molar-refractivity contribution >= 4 is 23.4 Å². The van der Waals surface area contributed by atoms with Crippen LogP contribution in [0.3, 0.4) is 0 Å². The molecule has 2 aromatic carbocycles. The zero-order chi connectivity index (χ0) is 17.1. The molecule has 3 rings (SSSR count). The Labute approximate surface area is 143 Å². The zero-order valence-corrected chi connectivity index (χ0v) is 13.8. The number of alkyl halides is 2. The maximum Gasteiger partial charge on any atom is 0.288 e. The van der Waals surface area contributed by atoms with Crippen molar-refractivity contribution in [2.24, 2.45) is 0 Å². The molecular weight excluding hydrogens is 330 g/mol. The van der Waals surface area contributed by atoms with Crippen LogP contribution in [0.1, 0.15) is 40.4 Å². The van der Waals surface area contributed by atoms with Gasteiger partial charge in [0.15, 0.2) is 0 Å². The highest BCUT2D eigenvalue weighted by Crippen LogP contribution is 2.31. The number of benzene rings is 2. The standard InChI is InChI=1S/C18H18F2N2OS/c19-18(20)24-14-7-4-11(5-8-14)17(23)22-16-3-1-2-12-10-13(21)6-9-15(12)16/h4-10,16,18H,1-3,21H2,(H,22,23). The number of carbonyl (C=O) groups is 1. The highest BCUT2D eigenvalue weighted by Gasteiger charge is 2.22. The summed E-state index contributed by atoms with van der Waals surface area (Å²) < 4.78 is 24.7. The molecule has 0 spiro atoms. The van der Waals surface area contributed by atoms with Crippen molar-refractivity contribution in [3.63, 3.8) is 0 Å². The van der Waals surface area contributed by atoms with E-state index in [2.05, 4.69) is 5.32 Å². The van der Waals surface area contributed by atoms with E-state index in [4.69, 9.17) is 5.73 Å². The van der Waals surface area contributed by atoms with Gasteiger partial charge < -0.3 is 11.1 Å². The lowest BCUT2D eigenvalue weighted by atomic mass is 9.87. The van der Waals surface area contributed by atoms with Crippen LogP contribution in [0.15, 0.2) is 47.4 Å². The van der Waals surface area contributed by atoms with E-state index in [0.717, 1.165) is 30.5 Å². The summed E-state index contributed by atoms with van der Waals surface area (Å²) in [6.07, 6.45) is 2.83. The van der Waals surface area contributed by atoms with Crippen LogP contribution in [0.2, 0.25) is 0 Å². The van der Waals surface area contributed by atoms with Gasteiger partial charge in [-0.25, -0.2) is 0 Å². The fourth-order valence-electron chi connectivity index (χ4n) is 3.01. The average Bonchev–Trinajstić information content (AvgIpc) is 2.55. The predicted molar refractivity (Wildman–Crippen MR) is 92.3 cm³/mol. The topological polar surface area (TPSA) is 55.1 Å². The number of hydrogen-bond acceptors (Lipinski definition) is 3. The summed E-state index contributed by atoms with van der Waals surface area (Å²) in [5.41, 5.74) is 9.31. The van der Waals surface area contributed by atoms with E-state index in [1.54, 1.807) is 24.3 Å². The molecule has 0 saturated carbocycles. The summed E-state index contributed by atoms with van der Waals surface area (Å²) in [5, 5.41) is 3.04. The number of carbonyl (C=O) groups excluding carboxylic acids is 1. The maximum atomic E-state index is 12.4. The second kappa shape index (κ2) is 7.21. The highest BCUT2D eigenvalue weighted by molar-refractivity contribution is 7.99. The number of thioether (sulfide) groups is 1. The van der Waals surface area contributed by atoms with Crippen molar-refractivity contribution in [2.75, 3.05) is 5.73 Å². The molecule has 1 amide bonds. The third-order valence-corrected chi connectivity index (χ3v) is 4.85. The number of nitrogens with one attached hydrogen (secondary N) is 1. The number of halogens is 2. The van der Waals surface area contributed by atoms with Gasteiger partial charge in [-0.1, -0.05) is 17.8 Å². The first-order chi connectivity index (χ1) is 11.5. The molecule has 0 radical (unpaired) electrons. The van der Waals surface area contributed by atoms with Crippen molar-refractivity contribution in [3.05, 3.63) is 59.2 Å². The number of nitrogens with two attached hydrogens (primary N) is 1. The monoisotopic (exact) mass is 348 g/mol. The molecule has 0 heterocycles. The smallest absolute Gasteiger partial charge is 0.288 e. The SMILES string of the molecule is Nc1ccc2c(c1)CCCC2NC(=O)c1ccc(SC(F)F)cc1. The van der Waals surface area contributed by atoms with Crippen LogP contribution in [-0.4, -0.2) is 11.7 Å². The van der Waals surface area contributed by atoms with Gasteiger partial charge in [-0.15, -0.1) is 0 Å². The molecule has 1 aliphatic rings. The molecule has 6 heteroatoms. The van der Waals surface area contributed by atoms with Gasteiger partial charge in [-0.3, -0.25) is 4.79 Å². The Bertz CT molecular complexity index is 734. The van der Waals surface area contributed by atoms with Crippen LogP contribution >= 0.6 is 11.8 Å². The molecule has 2 aromatic rings.